The quantitative estimate of drug-likeness (QED) is 0.186. The zero-order valence-corrected chi connectivity index (χ0v) is 31.2. The van der Waals surface area contributed by atoms with Crippen LogP contribution in [0.1, 0.15) is 113 Å². The molecule has 49 heavy (non-hydrogen) atoms. The first-order chi connectivity index (χ1) is 22.8. The number of allylic oxidation sites excluding steroid dienone is 1. The van der Waals surface area contributed by atoms with Gasteiger partial charge in [-0.1, -0.05) is 46.8 Å². The number of aliphatic hydroxyl groups excluding tert-OH is 3. The molecule has 5 saturated carbocycles. The maximum atomic E-state index is 13.6. The number of aliphatic hydroxyl groups is 3. The summed E-state index contributed by atoms with van der Waals surface area (Å²) in [7, 11) is 1.40. The van der Waals surface area contributed by atoms with Gasteiger partial charge >= 0.3 is 5.97 Å². The predicted octanol–water partition coefficient (Wildman–Crippen LogP) is 4.90. The lowest BCUT2D eigenvalue weighted by atomic mass is 9.32. The van der Waals surface area contributed by atoms with Crippen molar-refractivity contribution in [2.45, 2.75) is 149 Å². The van der Waals surface area contributed by atoms with Gasteiger partial charge in [-0.05, 0) is 129 Å². The highest BCUT2D eigenvalue weighted by molar-refractivity contribution is 5.78. The predicted molar refractivity (Wildman–Crippen MR) is 185 cm³/mol. The Labute approximate surface area is 293 Å². The number of nitrogens with zero attached hydrogens (tertiary/aromatic N) is 1. The van der Waals surface area contributed by atoms with Crippen LogP contribution in [0.2, 0.25) is 0 Å². The fourth-order valence-corrected chi connectivity index (χ4v) is 13.7. The van der Waals surface area contributed by atoms with E-state index in [2.05, 4.69) is 53.4 Å². The summed E-state index contributed by atoms with van der Waals surface area (Å²) < 4.78 is 5.74. The topological polar surface area (TPSA) is 149 Å². The number of aliphatic carboxylic acids is 1. The molecule has 0 aromatic rings. The summed E-state index contributed by atoms with van der Waals surface area (Å²) in [6.07, 6.45) is 3.79. The van der Waals surface area contributed by atoms with Crippen LogP contribution in [0, 0.1) is 56.7 Å². The molecule has 0 aromatic carbocycles. The molecule has 0 bridgehead atoms. The molecule has 0 radical (unpaired) electrons. The first kappa shape index (κ1) is 37.2. The Balaban J connectivity index is 1.19. The molecule has 1 saturated heterocycles. The zero-order valence-electron chi connectivity index (χ0n) is 31.2. The van der Waals surface area contributed by atoms with Crippen LogP contribution in [0.4, 0.5) is 0 Å². The highest BCUT2D eigenvalue weighted by Gasteiger charge is 2.72. The Bertz CT molecular complexity index is 1320. The number of hydroxylamine groups is 2. The molecule has 10 nitrogen and oxygen atoms in total. The van der Waals surface area contributed by atoms with E-state index in [0.717, 1.165) is 69.8 Å². The molecule has 0 spiro atoms. The molecule has 6 rings (SSSR count). The minimum atomic E-state index is -1.44. The monoisotopic (exact) mass is 688 g/mol. The second-order valence-corrected chi connectivity index (χ2v) is 18.6. The molecule has 278 valence electrons. The zero-order chi connectivity index (χ0) is 36.1. The van der Waals surface area contributed by atoms with Gasteiger partial charge in [0, 0.05) is 6.04 Å². The number of hydrogen-bond acceptors (Lipinski definition) is 8. The fraction of sp³-hybridized carbons (Fsp3) is 0.897. The second-order valence-electron chi connectivity index (χ2n) is 18.6. The number of ether oxygens (including phenoxy) is 1. The molecule has 6 fully saturated rings. The molecule has 15 atom stereocenters. The van der Waals surface area contributed by atoms with Crippen LogP contribution in [-0.4, -0.2) is 87.7 Å². The lowest BCUT2D eigenvalue weighted by Crippen LogP contribution is -2.68. The number of fused-ring (bicyclic) bond motifs is 7. The number of carboxylic acid groups (broad SMARTS) is 1. The van der Waals surface area contributed by atoms with Crippen molar-refractivity contribution in [3.05, 3.63) is 12.2 Å². The van der Waals surface area contributed by atoms with E-state index in [4.69, 9.17) is 9.57 Å². The minimum Gasteiger partial charge on any atom is -0.481 e. The van der Waals surface area contributed by atoms with Gasteiger partial charge in [-0.3, -0.25) is 14.4 Å². The molecule has 1 amide bonds. The molecule has 1 aliphatic heterocycles. The fourth-order valence-electron chi connectivity index (χ4n) is 13.7. The Hall–Kier alpha value is -1.56. The number of rotatable bonds is 7. The standard InChI is InChI=1S/C39H64N2O8/c1-21(2)23-12-17-39(34(46)47)19-18-37(7)24(29(23)39)10-11-26-36(6)15-14-27(35(4,5)25(36)13-16-38(26,37)8)40-28(42)20-41(48-9)33-32(45)31(44)30(43)22(3)49-33/h22-27,29-33,43-45H,1,10-20H2,2-9H3,(H,40,42)(H,46,47)/t22-,23+,24-,25+,26-,27+,29-,30+,31+,32-,33-,36+,37-,38-,39+/m1/s1. The lowest BCUT2D eigenvalue weighted by molar-refractivity contribution is -0.320. The minimum absolute atomic E-state index is 0.0442. The van der Waals surface area contributed by atoms with Crippen molar-refractivity contribution in [2.75, 3.05) is 13.7 Å². The Kier molecular flexibility index (Phi) is 9.52. The van der Waals surface area contributed by atoms with Crippen LogP contribution in [0.3, 0.4) is 0 Å². The van der Waals surface area contributed by atoms with Crippen molar-refractivity contribution in [3.8, 4) is 0 Å². The Morgan fingerprint density at radius 3 is 2.20 bits per heavy atom. The highest BCUT2D eigenvalue weighted by Crippen LogP contribution is 2.77. The van der Waals surface area contributed by atoms with Crippen LogP contribution in [0.15, 0.2) is 12.2 Å². The van der Waals surface area contributed by atoms with Crippen molar-refractivity contribution in [3.63, 3.8) is 0 Å². The Morgan fingerprint density at radius 1 is 0.878 bits per heavy atom. The van der Waals surface area contributed by atoms with E-state index in [9.17, 15) is 30.0 Å². The third-order valence-electron chi connectivity index (χ3n) is 16.5. The molecule has 0 unspecified atom stereocenters. The van der Waals surface area contributed by atoms with Gasteiger partial charge in [0.1, 0.15) is 24.9 Å². The summed E-state index contributed by atoms with van der Waals surface area (Å²) in [5.74, 6) is 0.936. The van der Waals surface area contributed by atoms with E-state index in [1.165, 1.54) is 12.2 Å². The first-order valence-electron chi connectivity index (χ1n) is 19.0. The Morgan fingerprint density at radius 2 is 1.57 bits per heavy atom. The van der Waals surface area contributed by atoms with Crippen LogP contribution in [-0.2, 0) is 19.2 Å². The average Bonchev–Trinajstić information content (AvgIpc) is 3.44. The summed E-state index contributed by atoms with van der Waals surface area (Å²) in [6.45, 7) is 20.1. The SMILES string of the molecule is C=C(C)[C@@H]1CC[C@]2(C(=O)O)CC[C@]3(C)[C@H](CC[C@@H]4[C@@]5(C)CC[C@H](NC(=O)CN(OC)[C@@H]6O[C@H](C)[C@H](O)[C@H](O)[C@H]6O)C(C)(C)[C@@H]5CC[C@]43C)[C@@H]12. The maximum Gasteiger partial charge on any atom is 0.309 e. The third kappa shape index (κ3) is 5.31. The van der Waals surface area contributed by atoms with Gasteiger partial charge in [0.05, 0.1) is 18.6 Å². The molecular weight excluding hydrogens is 624 g/mol. The summed E-state index contributed by atoms with van der Waals surface area (Å²) >= 11 is 0. The van der Waals surface area contributed by atoms with E-state index in [1.54, 1.807) is 6.92 Å². The van der Waals surface area contributed by atoms with E-state index < -0.39 is 42.0 Å². The van der Waals surface area contributed by atoms with E-state index in [1.807, 2.05) is 0 Å². The summed E-state index contributed by atoms with van der Waals surface area (Å²) in [4.78, 5) is 32.0. The molecule has 1 heterocycles. The number of carboxylic acids is 1. The second kappa shape index (κ2) is 12.5. The molecule has 6 aliphatic rings. The van der Waals surface area contributed by atoms with Crippen molar-refractivity contribution >= 4 is 11.9 Å². The lowest BCUT2D eigenvalue weighted by Gasteiger charge is -2.73. The van der Waals surface area contributed by atoms with Gasteiger partial charge in [-0.2, -0.15) is 0 Å². The number of carbonyl (C=O) groups is 2. The van der Waals surface area contributed by atoms with E-state index in [-0.39, 0.29) is 52.0 Å². The van der Waals surface area contributed by atoms with Gasteiger partial charge in [0.15, 0.2) is 6.23 Å². The smallest absolute Gasteiger partial charge is 0.309 e. The maximum absolute atomic E-state index is 13.6. The molecule has 0 aromatic heterocycles. The first-order valence-corrected chi connectivity index (χ1v) is 19.0. The largest absolute Gasteiger partial charge is 0.481 e. The molecule has 10 heteroatoms. The van der Waals surface area contributed by atoms with Crippen molar-refractivity contribution in [1.82, 2.24) is 10.4 Å². The van der Waals surface area contributed by atoms with Gasteiger partial charge in [0.2, 0.25) is 5.91 Å². The van der Waals surface area contributed by atoms with Crippen LogP contribution < -0.4 is 5.32 Å². The van der Waals surface area contributed by atoms with Crippen LogP contribution in [0.5, 0.6) is 0 Å². The van der Waals surface area contributed by atoms with Gasteiger partial charge < -0.3 is 30.5 Å². The summed E-state index contributed by atoms with van der Waals surface area (Å²) in [5.41, 5.74) is 0.644. The highest BCUT2D eigenvalue weighted by atomic mass is 16.7. The number of amides is 1. The third-order valence-corrected chi connectivity index (χ3v) is 16.5. The van der Waals surface area contributed by atoms with E-state index >= 15 is 0 Å². The van der Waals surface area contributed by atoms with Crippen molar-refractivity contribution < 1.29 is 39.6 Å². The normalized spacial score (nSPS) is 50.4. The van der Waals surface area contributed by atoms with Crippen LogP contribution in [0.25, 0.3) is 0 Å². The van der Waals surface area contributed by atoms with Gasteiger partial charge in [0.25, 0.3) is 0 Å². The summed E-state index contributed by atoms with van der Waals surface area (Å²) in [5, 5.41) is 46.3. The van der Waals surface area contributed by atoms with Crippen molar-refractivity contribution in [1.29, 1.82) is 0 Å². The number of hydrogen-bond donors (Lipinski definition) is 5. The number of carbonyl (C=O) groups excluding carboxylic acids is 1. The van der Waals surface area contributed by atoms with Crippen molar-refractivity contribution in [2.24, 2.45) is 56.7 Å². The summed E-state index contributed by atoms with van der Waals surface area (Å²) in [6, 6.07) is -0.0442. The number of nitrogens with one attached hydrogen (secondary N) is 1. The van der Waals surface area contributed by atoms with Crippen LogP contribution >= 0.6 is 0 Å². The molecule has 5 N–H and O–H groups in total. The van der Waals surface area contributed by atoms with Gasteiger partial charge in [-0.25, -0.2) is 0 Å². The van der Waals surface area contributed by atoms with Gasteiger partial charge in [-0.15, -0.1) is 5.06 Å². The molecule has 5 aliphatic carbocycles. The van der Waals surface area contributed by atoms with E-state index in [0.29, 0.717) is 17.8 Å². The average molecular weight is 689 g/mol. The molecular formula is C39H64N2O8.